The second-order valence-corrected chi connectivity index (χ2v) is 3.45. The molecule has 66 valence electrons. The Kier molecular flexibility index (Phi) is 2.69. The topological polar surface area (TPSA) is 59.1 Å². The molecule has 1 heterocycles. The molecule has 0 saturated heterocycles. The van der Waals surface area contributed by atoms with Crippen molar-refractivity contribution in [3.8, 4) is 0 Å². The van der Waals surface area contributed by atoms with Crippen molar-refractivity contribution in [2.45, 2.75) is 20.5 Å². The fraction of sp³-hybridized carbons (Fsp3) is 0.375. The summed E-state index contributed by atoms with van der Waals surface area (Å²) in [4.78, 5) is 4.08. The molecule has 0 fully saturated rings. The third-order valence-corrected chi connectivity index (χ3v) is 3.02. The van der Waals surface area contributed by atoms with Crippen LogP contribution in [-0.4, -0.2) is 10.1 Å². The molecule has 0 amide bonds. The molecule has 1 aromatic heterocycles. The lowest BCUT2D eigenvalue weighted by Crippen LogP contribution is -2.03. The van der Waals surface area contributed by atoms with E-state index in [1.807, 2.05) is 13.8 Å². The molecule has 4 heteroatoms. The number of aliphatic hydroxyl groups excluding tert-OH is 1. The zero-order chi connectivity index (χ0) is 9.30. The fourth-order valence-electron chi connectivity index (χ4n) is 1.09. The van der Waals surface area contributed by atoms with E-state index in [0.29, 0.717) is 11.4 Å². The Morgan fingerprint density at radius 3 is 2.58 bits per heavy atom. The molecule has 0 aliphatic rings. The first-order valence-electron chi connectivity index (χ1n) is 3.59. The van der Waals surface area contributed by atoms with Crippen LogP contribution in [0.1, 0.15) is 16.8 Å². The average molecular weight is 231 g/mol. The van der Waals surface area contributed by atoms with Crippen molar-refractivity contribution in [2.75, 3.05) is 5.73 Å². The first-order chi connectivity index (χ1) is 5.57. The second-order valence-electron chi connectivity index (χ2n) is 2.66. The standard InChI is InChI=1S/C8H11BrN2O/c1-4-6(3-12)8(10)11-5(2)7(4)9/h12H,3H2,1-2H3,(H2,10,11). The van der Waals surface area contributed by atoms with Crippen LogP contribution in [0.4, 0.5) is 5.82 Å². The third-order valence-electron chi connectivity index (χ3n) is 1.86. The third kappa shape index (κ3) is 1.44. The lowest BCUT2D eigenvalue weighted by Gasteiger charge is -2.09. The molecule has 0 bridgehead atoms. The maximum Gasteiger partial charge on any atom is 0.129 e. The van der Waals surface area contributed by atoms with Crippen molar-refractivity contribution in [1.82, 2.24) is 4.98 Å². The van der Waals surface area contributed by atoms with Crippen LogP contribution in [0.15, 0.2) is 4.47 Å². The second kappa shape index (κ2) is 3.41. The summed E-state index contributed by atoms with van der Waals surface area (Å²) in [5, 5.41) is 8.97. The zero-order valence-corrected chi connectivity index (χ0v) is 8.64. The van der Waals surface area contributed by atoms with E-state index in [1.54, 1.807) is 0 Å². The van der Waals surface area contributed by atoms with E-state index >= 15 is 0 Å². The molecule has 1 aromatic rings. The first-order valence-corrected chi connectivity index (χ1v) is 4.39. The predicted octanol–water partition coefficient (Wildman–Crippen LogP) is 1.54. The smallest absolute Gasteiger partial charge is 0.129 e. The van der Waals surface area contributed by atoms with Gasteiger partial charge in [-0.15, -0.1) is 0 Å². The van der Waals surface area contributed by atoms with Crippen LogP contribution < -0.4 is 5.73 Å². The molecule has 0 aromatic carbocycles. The number of pyridine rings is 1. The van der Waals surface area contributed by atoms with E-state index in [9.17, 15) is 0 Å². The Hall–Kier alpha value is -0.610. The van der Waals surface area contributed by atoms with Crippen molar-refractivity contribution in [3.05, 3.63) is 21.3 Å². The van der Waals surface area contributed by atoms with E-state index < -0.39 is 0 Å². The van der Waals surface area contributed by atoms with Crippen LogP contribution in [0.5, 0.6) is 0 Å². The molecule has 0 saturated carbocycles. The Balaban J connectivity index is 3.40. The largest absolute Gasteiger partial charge is 0.392 e. The van der Waals surface area contributed by atoms with Crippen molar-refractivity contribution < 1.29 is 5.11 Å². The summed E-state index contributed by atoms with van der Waals surface area (Å²) in [5.74, 6) is 0.413. The lowest BCUT2D eigenvalue weighted by atomic mass is 10.1. The van der Waals surface area contributed by atoms with Gasteiger partial charge in [0.1, 0.15) is 5.82 Å². The highest BCUT2D eigenvalue weighted by Gasteiger charge is 2.09. The van der Waals surface area contributed by atoms with Gasteiger partial charge in [0, 0.05) is 10.0 Å². The highest BCUT2D eigenvalue weighted by molar-refractivity contribution is 9.10. The molecule has 0 aliphatic heterocycles. The fourth-order valence-corrected chi connectivity index (χ4v) is 1.42. The van der Waals surface area contributed by atoms with Crippen LogP contribution in [0.2, 0.25) is 0 Å². The summed E-state index contributed by atoms with van der Waals surface area (Å²) in [7, 11) is 0. The van der Waals surface area contributed by atoms with Gasteiger partial charge in [0.15, 0.2) is 0 Å². The molecule has 1 rings (SSSR count). The number of nitrogen functional groups attached to an aromatic ring is 1. The maximum absolute atomic E-state index is 8.97. The molecular formula is C8H11BrN2O. The van der Waals surface area contributed by atoms with Crippen molar-refractivity contribution in [2.24, 2.45) is 0 Å². The summed E-state index contributed by atoms with van der Waals surface area (Å²) in [5.41, 5.74) is 8.12. The number of hydrogen-bond acceptors (Lipinski definition) is 3. The SMILES string of the molecule is Cc1nc(N)c(CO)c(C)c1Br. The Morgan fingerprint density at radius 1 is 1.50 bits per heavy atom. The minimum absolute atomic E-state index is 0.0659. The number of anilines is 1. The number of nitrogens with zero attached hydrogens (tertiary/aromatic N) is 1. The van der Waals surface area contributed by atoms with Gasteiger partial charge >= 0.3 is 0 Å². The van der Waals surface area contributed by atoms with Gasteiger partial charge in [0.25, 0.3) is 0 Å². The zero-order valence-electron chi connectivity index (χ0n) is 7.06. The van der Waals surface area contributed by atoms with Crippen LogP contribution in [0, 0.1) is 13.8 Å². The van der Waals surface area contributed by atoms with Crippen molar-refractivity contribution in [3.63, 3.8) is 0 Å². The molecule has 3 N–H and O–H groups in total. The van der Waals surface area contributed by atoms with Gasteiger partial charge in [-0.2, -0.15) is 0 Å². The van der Waals surface area contributed by atoms with Gasteiger partial charge < -0.3 is 10.8 Å². The van der Waals surface area contributed by atoms with Gasteiger partial charge in [-0.05, 0) is 35.3 Å². The number of aliphatic hydroxyl groups is 1. The summed E-state index contributed by atoms with van der Waals surface area (Å²) in [6.07, 6.45) is 0. The molecule has 0 atom stereocenters. The molecule has 3 nitrogen and oxygen atoms in total. The Labute approximate surface area is 79.7 Å². The molecular weight excluding hydrogens is 220 g/mol. The quantitative estimate of drug-likeness (QED) is 0.770. The Bertz CT molecular complexity index is 312. The van der Waals surface area contributed by atoms with Crippen LogP contribution in [0.25, 0.3) is 0 Å². The van der Waals surface area contributed by atoms with Gasteiger partial charge in [0.05, 0.1) is 12.3 Å². The molecule has 0 spiro atoms. The number of halogens is 1. The van der Waals surface area contributed by atoms with Crippen LogP contribution in [0.3, 0.4) is 0 Å². The van der Waals surface area contributed by atoms with E-state index in [1.165, 1.54) is 0 Å². The summed E-state index contributed by atoms with van der Waals surface area (Å²) >= 11 is 3.38. The number of nitrogens with two attached hydrogens (primary N) is 1. The van der Waals surface area contributed by atoms with Gasteiger partial charge in [-0.25, -0.2) is 4.98 Å². The summed E-state index contributed by atoms with van der Waals surface area (Å²) < 4.78 is 0.917. The van der Waals surface area contributed by atoms with Crippen LogP contribution >= 0.6 is 15.9 Å². The van der Waals surface area contributed by atoms with Gasteiger partial charge in [-0.3, -0.25) is 0 Å². The summed E-state index contributed by atoms with van der Waals surface area (Å²) in [6, 6.07) is 0. The van der Waals surface area contributed by atoms with E-state index in [0.717, 1.165) is 15.7 Å². The number of aryl methyl sites for hydroxylation is 1. The monoisotopic (exact) mass is 230 g/mol. The molecule has 0 radical (unpaired) electrons. The number of aromatic nitrogens is 1. The highest BCUT2D eigenvalue weighted by Crippen LogP contribution is 2.25. The highest BCUT2D eigenvalue weighted by atomic mass is 79.9. The van der Waals surface area contributed by atoms with E-state index in [-0.39, 0.29) is 6.61 Å². The lowest BCUT2D eigenvalue weighted by molar-refractivity contribution is 0.281. The maximum atomic E-state index is 8.97. The van der Waals surface area contributed by atoms with Crippen molar-refractivity contribution >= 4 is 21.7 Å². The molecule has 0 unspecified atom stereocenters. The number of hydrogen-bond donors (Lipinski definition) is 2. The van der Waals surface area contributed by atoms with Crippen molar-refractivity contribution in [1.29, 1.82) is 0 Å². The first kappa shape index (κ1) is 9.48. The minimum atomic E-state index is -0.0659. The number of rotatable bonds is 1. The molecule has 12 heavy (non-hydrogen) atoms. The summed E-state index contributed by atoms with van der Waals surface area (Å²) in [6.45, 7) is 3.71. The normalized spacial score (nSPS) is 10.3. The predicted molar refractivity (Wildman–Crippen MR) is 51.7 cm³/mol. The van der Waals surface area contributed by atoms with E-state index in [2.05, 4.69) is 20.9 Å². The van der Waals surface area contributed by atoms with Crippen LogP contribution in [-0.2, 0) is 6.61 Å². The molecule has 0 aliphatic carbocycles. The van der Waals surface area contributed by atoms with Gasteiger partial charge in [0.2, 0.25) is 0 Å². The average Bonchev–Trinajstić information content (AvgIpc) is 2.01. The minimum Gasteiger partial charge on any atom is -0.392 e. The van der Waals surface area contributed by atoms with Gasteiger partial charge in [-0.1, -0.05) is 0 Å². The Morgan fingerprint density at radius 2 is 2.08 bits per heavy atom. The van der Waals surface area contributed by atoms with E-state index in [4.69, 9.17) is 10.8 Å².